The van der Waals surface area contributed by atoms with Crippen LogP contribution in [0.1, 0.15) is 176 Å². The molecule has 0 amide bonds. The van der Waals surface area contributed by atoms with Crippen molar-refractivity contribution in [2.45, 2.75) is 171 Å². The van der Waals surface area contributed by atoms with Gasteiger partial charge >= 0.3 is 0 Å². The second-order valence-electron chi connectivity index (χ2n) is 18.7. The lowest BCUT2D eigenvalue weighted by Crippen LogP contribution is -2.20. The van der Waals surface area contributed by atoms with Gasteiger partial charge in [-0.15, -0.1) is 0 Å². The molecule has 1 aromatic heterocycles. The lowest BCUT2D eigenvalue weighted by molar-refractivity contribution is 0.103. The van der Waals surface area contributed by atoms with E-state index in [0.29, 0.717) is 29.1 Å². The number of carbonyl (C=O) groups excluding carboxylic acids is 1. The van der Waals surface area contributed by atoms with E-state index in [1.165, 1.54) is 82.4 Å². The molecule has 1 aliphatic carbocycles. The Kier molecular flexibility index (Phi) is 24.1. The van der Waals surface area contributed by atoms with E-state index in [-0.39, 0.29) is 23.6 Å². The lowest BCUT2D eigenvalue weighted by atomic mass is 9.83. The smallest absolute Gasteiger partial charge is 0.210 e. The summed E-state index contributed by atoms with van der Waals surface area (Å²) in [4.78, 5) is 18.0. The predicted molar refractivity (Wildman–Crippen MR) is 286 cm³/mol. The van der Waals surface area contributed by atoms with E-state index in [1.807, 2.05) is 63.3 Å². The normalized spacial score (nSPS) is 15.2. The van der Waals surface area contributed by atoms with Crippen LogP contribution in [0.5, 0.6) is 17.2 Å². The van der Waals surface area contributed by atoms with Gasteiger partial charge in [0.2, 0.25) is 5.78 Å². The zero-order valence-electron chi connectivity index (χ0n) is 43.8. The summed E-state index contributed by atoms with van der Waals surface area (Å²) < 4.78 is 48.5. The maximum Gasteiger partial charge on any atom is 0.210 e. The van der Waals surface area contributed by atoms with Gasteiger partial charge in [-0.1, -0.05) is 162 Å². The predicted octanol–water partition coefficient (Wildman–Crippen LogP) is 18.1. The zero-order valence-corrected chi connectivity index (χ0v) is 43.8. The van der Waals surface area contributed by atoms with Crippen molar-refractivity contribution in [3.63, 3.8) is 0 Å². The minimum atomic E-state index is -0.794. The highest BCUT2D eigenvalue weighted by Gasteiger charge is 2.27. The molecule has 2 N–H and O–H groups in total. The van der Waals surface area contributed by atoms with E-state index in [1.54, 1.807) is 19.3 Å². The number of hydrogen-bond acceptors (Lipinski definition) is 5. The van der Waals surface area contributed by atoms with Crippen LogP contribution in [0.15, 0.2) is 120 Å². The number of Topliss-reactive ketones (excluding diaryl/α,β-unsaturated/α-hetero) is 1. The first-order valence-corrected chi connectivity index (χ1v) is 26.2. The summed E-state index contributed by atoms with van der Waals surface area (Å²) in [6, 6.07) is 17.6. The Hall–Kier alpha value is -5.37. The lowest BCUT2D eigenvalue weighted by Gasteiger charge is -2.27. The van der Waals surface area contributed by atoms with Crippen LogP contribution in [0.25, 0.3) is 22.0 Å². The van der Waals surface area contributed by atoms with Gasteiger partial charge in [-0.2, -0.15) is 0 Å². The SMILES string of the molecule is C=C/C(C(=O)c1cc2cc(OC(CCC)CCC(CCC)C3CCCC3)c(-c3ccccc3OC)cc2[nH]1)=C(\C)NC(=C/C(=C/CCC)Oc1c(F)cccc1F)/C(=C\C)C(C)CC.CCCCC. The largest absolute Gasteiger partial charge is 0.496 e. The fraction of sp³-hybridized carbons (Fsp3) is 0.492. The minimum Gasteiger partial charge on any atom is -0.496 e. The van der Waals surface area contributed by atoms with Crippen LogP contribution < -0.4 is 19.5 Å². The second-order valence-corrected chi connectivity index (χ2v) is 18.7. The molecular formula is C61H84F2N2O4. The summed E-state index contributed by atoms with van der Waals surface area (Å²) in [6.07, 6.45) is 25.6. The summed E-state index contributed by atoms with van der Waals surface area (Å²) in [5, 5.41) is 4.35. The summed E-state index contributed by atoms with van der Waals surface area (Å²) in [7, 11) is 1.68. The molecule has 376 valence electrons. The van der Waals surface area contributed by atoms with E-state index in [2.05, 4.69) is 70.6 Å². The highest BCUT2D eigenvalue weighted by atomic mass is 19.1. The Morgan fingerprint density at radius 3 is 2.14 bits per heavy atom. The fourth-order valence-electron chi connectivity index (χ4n) is 9.59. The van der Waals surface area contributed by atoms with E-state index < -0.39 is 17.4 Å². The summed E-state index contributed by atoms with van der Waals surface area (Å²) in [6.45, 7) is 23.0. The number of carbonyl (C=O) groups is 1. The van der Waals surface area contributed by atoms with Gasteiger partial charge in [-0.05, 0) is 112 Å². The van der Waals surface area contributed by atoms with Gasteiger partial charge in [0.1, 0.15) is 17.3 Å². The molecule has 1 fully saturated rings. The molecule has 1 saturated carbocycles. The van der Waals surface area contributed by atoms with Crippen molar-refractivity contribution in [1.29, 1.82) is 0 Å². The topological polar surface area (TPSA) is 72.6 Å². The number of aromatic amines is 1. The number of fused-ring (bicyclic) bond motifs is 1. The van der Waals surface area contributed by atoms with E-state index in [0.717, 1.165) is 83.0 Å². The molecule has 69 heavy (non-hydrogen) atoms. The van der Waals surface area contributed by atoms with E-state index >= 15 is 0 Å². The third kappa shape index (κ3) is 16.1. The van der Waals surface area contributed by atoms with Gasteiger partial charge < -0.3 is 24.5 Å². The van der Waals surface area contributed by atoms with Crippen molar-refractivity contribution in [3.05, 3.63) is 137 Å². The van der Waals surface area contributed by atoms with Crippen LogP contribution in [-0.2, 0) is 0 Å². The molecule has 1 aliphatic rings. The molecule has 0 spiro atoms. The van der Waals surface area contributed by atoms with Gasteiger partial charge in [0.25, 0.3) is 0 Å². The fourth-order valence-corrected chi connectivity index (χ4v) is 9.59. The minimum absolute atomic E-state index is 0.0500. The third-order valence-corrected chi connectivity index (χ3v) is 13.6. The molecule has 5 rings (SSSR count). The molecule has 3 unspecified atom stereocenters. The third-order valence-electron chi connectivity index (χ3n) is 13.6. The number of ketones is 1. The number of methoxy groups -OCH3 is 1. The van der Waals surface area contributed by atoms with Crippen LogP contribution in [0.2, 0.25) is 0 Å². The van der Waals surface area contributed by atoms with Gasteiger partial charge in [-0.3, -0.25) is 4.79 Å². The molecule has 4 aromatic rings. The molecule has 0 bridgehead atoms. The molecule has 6 nitrogen and oxygen atoms in total. The van der Waals surface area contributed by atoms with Gasteiger partial charge in [0, 0.05) is 45.1 Å². The van der Waals surface area contributed by atoms with Crippen LogP contribution in [0, 0.1) is 29.4 Å². The summed E-state index contributed by atoms with van der Waals surface area (Å²) >= 11 is 0. The van der Waals surface area contributed by atoms with Gasteiger partial charge in [-0.25, -0.2) is 8.78 Å². The van der Waals surface area contributed by atoms with Crippen molar-refractivity contribution in [1.82, 2.24) is 10.3 Å². The number of nitrogens with one attached hydrogen (secondary N) is 2. The molecule has 0 aliphatic heterocycles. The van der Waals surface area contributed by atoms with Gasteiger partial charge in [0.05, 0.1) is 18.9 Å². The number of unbranched alkanes of at least 4 members (excludes halogenated alkanes) is 3. The monoisotopic (exact) mass is 947 g/mol. The van der Waals surface area contributed by atoms with Crippen LogP contribution in [-0.4, -0.2) is 24.0 Å². The summed E-state index contributed by atoms with van der Waals surface area (Å²) in [5.41, 5.74) is 5.53. The standard InChI is InChI=1S/C56H72F2N2O4.C5H12/c1-10-16-26-43(64-56-48(57)28-21-29-49(56)58)35-51(44(14-5)37(7)13-4)59-38(8)45(15-6)55(61)52-33-41-34-54(47(36-50(41)60-52)46-27-19-20-30-53(46)62-9)63-42(23-12-3)32-31-39(22-11-2)40-24-17-18-25-40;1-3-5-4-2/h14-15,19-21,26-30,33-37,39-40,42,59-60H,6,10-13,16-18,22-25,31-32H2,1-5,7-9H3;3-5H2,1-2H3/b43-26-,44-14-,45-38-,51-35+;. The second kappa shape index (κ2) is 29.6. The first-order valence-electron chi connectivity index (χ1n) is 26.2. The zero-order chi connectivity index (χ0) is 50.3. The van der Waals surface area contributed by atoms with Crippen LogP contribution >= 0.6 is 0 Å². The Bertz CT molecular complexity index is 2340. The molecule has 0 radical (unpaired) electrons. The number of halogens is 2. The van der Waals surface area contributed by atoms with E-state index in [4.69, 9.17) is 14.2 Å². The summed E-state index contributed by atoms with van der Waals surface area (Å²) in [5.74, 6) is 1.16. The first kappa shape index (κ1) is 56.2. The van der Waals surface area contributed by atoms with Crippen LogP contribution in [0.3, 0.4) is 0 Å². The number of allylic oxidation sites excluding steroid dienone is 7. The molecule has 1 heterocycles. The van der Waals surface area contributed by atoms with Gasteiger partial charge in [0.15, 0.2) is 17.4 Å². The Morgan fingerprint density at radius 1 is 0.855 bits per heavy atom. The van der Waals surface area contributed by atoms with Crippen molar-refractivity contribution in [2.75, 3.05) is 7.11 Å². The highest BCUT2D eigenvalue weighted by molar-refractivity contribution is 6.12. The number of hydrogen-bond donors (Lipinski definition) is 2. The molecule has 8 heteroatoms. The van der Waals surface area contributed by atoms with Crippen molar-refractivity contribution in [2.24, 2.45) is 17.8 Å². The molecule has 3 aromatic carbocycles. The Balaban J connectivity index is 0.00000197. The molecule has 3 atom stereocenters. The number of benzene rings is 3. The average Bonchev–Trinajstić information content (AvgIpc) is 4.05. The number of H-pyrrole nitrogens is 1. The Morgan fingerprint density at radius 2 is 1.55 bits per heavy atom. The van der Waals surface area contributed by atoms with Crippen LogP contribution in [0.4, 0.5) is 8.78 Å². The highest BCUT2D eigenvalue weighted by Crippen LogP contribution is 2.42. The van der Waals surface area contributed by atoms with Crippen molar-refractivity contribution in [3.8, 4) is 28.4 Å². The molecular weight excluding hydrogens is 863 g/mol. The number of para-hydroxylation sites is 2. The maximum atomic E-state index is 14.8. The number of rotatable bonds is 27. The maximum absolute atomic E-state index is 14.8. The number of aromatic nitrogens is 1. The quantitative estimate of drug-likeness (QED) is 0.0270. The Labute approximate surface area is 414 Å². The number of ether oxygens (including phenoxy) is 3. The first-order chi connectivity index (χ1) is 33.4. The van der Waals surface area contributed by atoms with Crippen molar-refractivity contribution >= 4 is 16.7 Å². The average molecular weight is 947 g/mol. The van der Waals surface area contributed by atoms with E-state index in [9.17, 15) is 13.6 Å². The molecule has 0 saturated heterocycles. The van der Waals surface area contributed by atoms with Crippen molar-refractivity contribution < 1.29 is 27.8 Å².